The summed E-state index contributed by atoms with van der Waals surface area (Å²) in [7, 11) is 0. The lowest BCUT2D eigenvalue weighted by molar-refractivity contribution is -0.147. The van der Waals surface area contributed by atoms with Gasteiger partial charge in [0, 0.05) is 6.54 Å². The van der Waals surface area contributed by atoms with Crippen LogP contribution < -0.4 is 5.73 Å². The third-order valence-corrected chi connectivity index (χ3v) is 2.47. The van der Waals surface area contributed by atoms with E-state index < -0.39 is 24.0 Å². The van der Waals surface area contributed by atoms with E-state index in [1.54, 1.807) is 0 Å². The summed E-state index contributed by atoms with van der Waals surface area (Å²) >= 11 is 0. The van der Waals surface area contributed by atoms with Crippen LogP contribution in [-0.2, 0) is 9.59 Å². The van der Waals surface area contributed by atoms with Crippen molar-refractivity contribution in [2.24, 2.45) is 5.73 Å². The average Bonchev–Trinajstić information content (AvgIpc) is 2.16. The van der Waals surface area contributed by atoms with Gasteiger partial charge in [0.2, 0.25) is 5.91 Å². The maximum atomic E-state index is 11.5. The Hall–Kier alpha value is -1.10. The molecule has 0 aromatic rings. The molecule has 14 heavy (non-hydrogen) atoms. The normalized spacial score (nSPS) is 24.4. The summed E-state index contributed by atoms with van der Waals surface area (Å²) in [6.45, 7) is 1.91. The Bertz CT molecular complexity index is 240. The Morgan fingerprint density at radius 2 is 2.14 bits per heavy atom. The van der Waals surface area contributed by atoms with E-state index in [2.05, 4.69) is 0 Å². The van der Waals surface area contributed by atoms with E-state index in [-0.39, 0.29) is 0 Å². The van der Waals surface area contributed by atoms with Gasteiger partial charge in [0.05, 0.1) is 0 Å². The van der Waals surface area contributed by atoms with Crippen LogP contribution >= 0.6 is 0 Å². The molecule has 0 bridgehead atoms. The van der Waals surface area contributed by atoms with Crippen LogP contribution in [-0.4, -0.2) is 40.5 Å². The van der Waals surface area contributed by atoms with Crippen LogP contribution in [0.5, 0.6) is 0 Å². The zero-order valence-corrected chi connectivity index (χ0v) is 8.27. The Morgan fingerprint density at radius 1 is 1.50 bits per heavy atom. The van der Waals surface area contributed by atoms with Crippen molar-refractivity contribution in [1.82, 2.24) is 4.90 Å². The van der Waals surface area contributed by atoms with Crippen molar-refractivity contribution in [2.45, 2.75) is 38.3 Å². The second kappa shape index (κ2) is 4.41. The van der Waals surface area contributed by atoms with E-state index in [9.17, 15) is 9.59 Å². The molecule has 0 radical (unpaired) electrons. The molecule has 2 atom stereocenters. The summed E-state index contributed by atoms with van der Waals surface area (Å²) in [5, 5.41) is 9.13. The van der Waals surface area contributed by atoms with Gasteiger partial charge < -0.3 is 15.7 Å². The van der Waals surface area contributed by atoms with Crippen molar-refractivity contribution in [2.75, 3.05) is 6.54 Å². The van der Waals surface area contributed by atoms with Gasteiger partial charge >= 0.3 is 0 Å². The minimum Gasteiger partial charge on any atom is -0.384 e. The Balaban J connectivity index is 2.72. The highest BCUT2D eigenvalue weighted by molar-refractivity contribution is 5.88. The number of aliphatic hydroxyl groups is 1. The number of nitrogens with two attached hydrogens (primary N) is 1. The van der Waals surface area contributed by atoms with Crippen LogP contribution in [0.3, 0.4) is 0 Å². The summed E-state index contributed by atoms with van der Waals surface area (Å²) in [5.41, 5.74) is 5.18. The first-order chi connectivity index (χ1) is 6.54. The van der Waals surface area contributed by atoms with Crippen molar-refractivity contribution >= 4 is 11.8 Å². The molecule has 1 aliphatic rings. The predicted molar refractivity (Wildman–Crippen MR) is 50.2 cm³/mol. The van der Waals surface area contributed by atoms with Gasteiger partial charge in [-0.2, -0.15) is 0 Å². The molecule has 0 spiro atoms. The Labute approximate surface area is 82.9 Å². The van der Waals surface area contributed by atoms with Crippen LogP contribution in [0.2, 0.25) is 0 Å². The summed E-state index contributed by atoms with van der Waals surface area (Å²) in [6, 6.07) is -0.536. The number of carbonyl (C=O) groups is 2. The van der Waals surface area contributed by atoms with E-state index in [4.69, 9.17) is 10.8 Å². The van der Waals surface area contributed by atoms with Crippen LogP contribution in [0.25, 0.3) is 0 Å². The maximum absolute atomic E-state index is 11.5. The van der Waals surface area contributed by atoms with E-state index in [0.29, 0.717) is 13.0 Å². The lowest BCUT2D eigenvalue weighted by Gasteiger charge is -2.34. The highest BCUT2D eigenvalue weighted by atomic mass is 16.3. The first kappa shape index (κ1) is 11.0. The zero-order chi connectivity index (χ0) is 10.7. The van der Waals surface area contributed by atoms with E-state index in [1.165, 1.54) is 11.8 Å². The Kier molecular flexibility index (Phi) is 3.46. The van der Waals surface area contributed by atoms with Gasteiger partial charge in [-0.1, -0.05) is 0 Å². The molecule has 1 fully saturated rings. The van der Waals surface area contributed by atoms with Crippen LogP contribution in [0.15, 0.2) is 0 Å². The molecule has 0 aromatic carbocycles. The number of hydrogen-bond acceptors (Lipinski definition) is 3. The molecule has 1 rings (SSSR count). The van der Waals surface area contributed by atoms with E-state index in [1.807, 2.05) is 0 Å². The first-order valence-corrected chi connectivity index (χ1v) is 4.82. The smallest absolute Gasteiger partial charge is 0.251 e. The molecule has 0 aliphatic carbocycles. The van der Waals surface area contributed by atoms with E-state index in [0.717, 1.165) is 12.8 Å². The minimum absolute atomic E-state index is 0.409. The van der Waals surface area contributed by atoms with Gasteiger partial charge in [0.15, 0.2) is 0 Å². The number of carbonyl (C=O) groups excluding carboxylic acids is 2. The number of rotatable bonds is 2. The van der Waals surface area contributed by atoms with Crippen molar-refractivity contribution in [3.63, 3.8) is 0 Å². The van der Waals surface area contributed by atoms with Gasteiger partial charge in [0.25, 0.3) is 5.91 Å². The molecule has 0 saturated carbocycles. The number of amides is 2. The van der Waals surface area contributed by atoms with Crippen molar-refractivity contribution in [1.29, 1.82) is 0 Å². The third-order valence-electron chi connectivity index (χ3n) is 2.47. The van der Waals surface area contributed by atoms with Crippen molar-refractivity contribution in [3.05, 3.63) is 0 Å². The lowest BCUT2D eigenvalue weighted by atomic mass is 10.0. The SMILES string of the molecule is C[C@H](O)C(=O)N1CCCC[C@H]1C(N)=O. The van der Waals surface area contributed by atoms with Gasteiger partial charge in [0.1, 0.15) is 12.1 Å². The van der Waals surface area contributed by atoms with Gasteiger partial charge in [-0.25, -0.2) is 0 Å². The molecular formula is C9H16N2O3. The number of likely N-dealkylation sites (tertiary alicyclic amines) is 1. The fourth-order valence-electron chi connectivity index (χ4n) is 1.73. The first-order valence-electron chi connectivity index (χ1n) is 4.82. The van der Waals surface area contributed by atoms with Crippen molar-refractivity contribution < 1.29 is 14.7 Å². The number of aliphatic hydroxyl groups excluding tert-OH is 1. The molecule has 5 heteroatoms. The van der Waals surface area contributed by atoms with Crippen LogP contribution in [0.1, 0.15) is 26.2 Å². The average molecular weight is 200 g/mol. The number of primary amides is 1. The molecule has 80 valence electrons. The number of nitrogens with zero attached hydrogens (tertiary/aromatic N) is 1. The quantitative estimate of drug-likeness (QED) is 0.614. The summed E-state index contributed by atoms with van der Waals surface area (Å²) in [5.74, 6) is -0.896. The van der Waals surface area contributed by atoms with Gasteiger partial charge in [-0.3, -0.25) is 9.59 Å². The second-order valence-electron chi connectivity index (χ2n) is 3.62. The molecule has 0 unspecified atom stereocenters. The number of piperidine rings is 1. The standard InChI is InChI=1S/C9H16N2O3/c1-6(12)9(14)11-5-3-2-4-7(11)8(10)13/h6-7,12H,2-5H2,1H3,(H2,10,13)/t6-,7-/m0/s1. The highest BCUT2D eigenvalue weighted by Gasteiger charge is 2.32. The zero-order valence-electron chi connectivity index (χ0n) is 8.27. The Morgan fingerprint density at radius 3 is 2.64 bits per heavy atom. The predicted octanol–water partition coefficient (Wildman–Crippen LogP) is -0.766. The maximum Gasteiger partial charge on any atom is 0.251 e. The molecule has 0 aromatic heterocycles. The fraction of sp³-hybridized carbons (Fsp3) is 0.778. The molecule has 1 saturated heterocycles. The minimum atomic E-state index is -1.06. The van der Waals surface area contributed by atoms with Crippen molar-refractivity contribution in [3.8, 4) is 0 Å². The van der Waals surface area contributed by atoms with Gasteiger partial charge in [-0.05, 0) is 26.2 Å². The molecule has 2 amide bonds. The largest absolute Gasteiger partial charge is 0.384 e. The highest BCUT2D eigenvalue weighted by Crippen LogP contribution is 2.17. The summed E-state index contributed by atoms with van der Waals surface area (Å²) in [6.07, 6.45) is 1.31. The summed E-state index contributed by atoms with van der Waals surface area (Å²) in [4.78, 5) is 23.9. The van der Waals surface area contributed by atoms with E-state index >= 15 is 0 Å². The second-order valence-corrected chi connectivity index (χ2v) is 3.62. The molecule has 1 aliphatic heterocycles. The molecular weight excluding hydrogens is 184 g/mol. The summed E-state index contributed by atoms with van der Waals surface area (Å²) < 4.78 is 0. The third kappa shape index (κ3) is 2.23. The lowest BCUT2D eigenvalue weighted by Crippen LogP contribution is -2.52. The molecule has 3 N–H and O–H groups in total. The fourth-order valence-corrected chi connectivity index (χ4v) is 1.73. The number of hydrogen-bond donors (Lipinski definition) is 2. The topological polar surface area (TPSA) is 83.6 Å². The van der Waals surface area contributed by atoms with Crippen LogP contribution in [0.4, 0.5) is 0 Å². The van der Waals surface area contributed by atoms with Gasteiger partial charge in [-0.15, -0.1) is 0 Å². The monoisotopic (exact) mass is 200 g/mol. The molecule has 5 nitrogen and oxygen atoms in total. The molecule has 1 heterocycles. The van der Waals surface area contributed by atoms with Crippen LogP contribution in [0, 0.1) is 0 Å².